The van der Waals surface area contributed by atoms with Crippen LogP contribution < -0.4 is 4.74 Å². The van der Waals surface area contributed by atoms with Gasteiger partial charge in [-0.1, -0.05) is 36.4 Å². The van der Waals surface area contributed by atoms with E-state index in [1.807, 2.05) is 42.0 Å². The summed E-state index contributed by atoms with van der Waals surface area (Å²) in [4.78, 5) is 9.23. The molecule has 4 aromatic rings. The predicted molar refractivity (Wildman–Crippen MR) is 132 cm³/mol. The fourth-order valence-electron chi connectivity index (χ4n) is 4.63. The Kier molecular flexibility index (Phi) is 6.27. The molecule has 0 spiro atoms. The maximum absolute atomic E-state index is 5.63. The van der Waals surface area contributed by atoms with Gasteiger partial charge in [-0.25, -0.2) is 14.6 Å². The first-order chi connectivity index (χ1) is 16.7. The average Bonchev–Trinajstić information content (AvgIpc) is 3.49. The van der Waals surface area contributed by atoms with Crippen molar-refractivity contribution >= 4 is 12.2 Å². The first-order valence-electron chi connectivity index (χ1n) is 11.5. The predicted octanol–water partition coefficient (Wildman–Crippen LogP) is 5.02. The van der Waals surface area contributed by atoms with Crippen LogP contribution in [0.4, 0.5) is 0 Å². The third-order valence-electron chi connectivity index (χ3n) is 6.24. The maximum Gasteiger partial charge on any atom is 0.174 e. The Morgan fingerprint density at radius 1 is 1.12 bits per heavy atom. The van der Waals surface area contributed by atoms with Crippen LogP contribution in [-0.4, -0.2) is 38.5 Å². The summed E-state index contributed by atoms with van der Waals surface area (Å²) in [6.45, 7) is 3.47. The van der Waals surface area contributed by atoms with Gasteiger partial charge in [0.05, 0.1) is 31.4 Å². The summed E-state index contributed by atoms with van der Waals surface area (Å²) >= 11 is 0. The van der Waals surface area contributed by atoms with Crippen LogP contribution in [0.1, 0.15) is 52.8 Å². The molecule has 174 valence electrons. The number of methoxy groups -OCH3 is 2. The molecule has 0 N–H and O–H groups in total. The van der Waals surface area contributed by atoms with Crippen molar-refractivity contribution in [3.05, 3.63) is 89.0 Å². The molecule has 0 bridgehead atoms. The first-order valence-corrected chi connectivity index (χ1v) is 11.5. The average molecular weight is 456 g/mol. The van der Waals surface area contributed by atoms with Gasteiger partial charge in [0, 0.05) is 25.8 Å². The molecule has 1 atom stereocenters. The van der Waals surface area contributed by atoms with Crippen molar-refractivity contribution in [1.29, 1.82) is 0 Å². The lowest BCUT2D eigenvalue weighted by molar-refractivity contribution is 0.183. The van der Waals surface area contributed by atoms with E-state index >= 15 is 0 Å². The zero-order valence-corrected chi connectivity index (χ0v) is 19.8. The van der Waals surface area contributed by atoms with Crippen molar-refractivity contribution in [3.63, 3.8) is 0 Å². The number of aromatic nitrogens is 5. The van der Waals surface area contributed by atoms with E-state index in [4.69, 9.17) is 19.6 Å². The molecule has 0 amide bonds. The fraction of sp³-hybridized carbons (Fsp3) is 0.296. The van der Waals surface area contributed by atoms with Crippen molar-refractivity contribution < 1.29 is 9.47 Å². The van der Waals surface area contributed by atoms with Gasteiger partial charge in [0.1, 0.15) is 11.6 Å². The molecule has 1 aliphatic heterocycles. The zero-order chi connectivity index (χ0) is 23.5. The summed E-state index contributed by atoms with van der Waals surface area (Å²) in [6, 6.07) is 14.6. The second-order valence-electron chi connectivity index (χ2n) is 8.56. The fourth-order valence-corrected chi connectivity index (χ4v) is 4.63. The normalized spacial score (nSPS) is 15.6. The highest BCUT2D eigenvalue weighted by Crippen LogP contribution is 2.34. The molecule has 2 aromatic heterocycles. The highest BCUT2D eigenvalue weighted by atomic mass is 16.5. The Balaban J connectivity index is 1.41. The van der Waals surface area contributed by atoms with Gasteiger partial charge in [0.2, 0.25) is 0 Å². The molecular weight excluding hydrogens is 426 g/mol. The second-order valence-corrected chi connectivity index (χ2v) is 8.56. The van der Waals surface area contributed by atoms with E-state index in [1.54, 1.807) is 20.5 Å². The minimum atomic E-state index is 0.229. The van der Waals surface area contributed by atoms with Gasteiger partial charge in [0.25, 0.3) is 0 Å². The Labute approximate surface area is 199 Å². The highest BCUT2D eigenvalue weighted by molar-refractivity contribution is 5.69. The van der Waals surface area contributed by atoms with E-state index < -0.39 is 0 Å². The third-order valence-corrected chi connectivity index (χ3v) is 6.24. The smallest absolute Gasteiger partial charge is 0.174 e. The number of aryl methyl sites for hydroxylation is 2. The Hall–Kier alpha value is -3.71. The van der Waals surface area contributed by atoms with Gasteiger partial charge in [-0.2, -0.15) is 5.10 Å². The Bertz CT molecular complexity index is 1320. The molecule has 7 nitrogen and oxygen atoms in total. The van der Waals surface area contributed by atoms with Gasteiger partial charge in [0.15, 0.2) is 5.82 Å². The molecule has 0 unspecified atom stereocenters. The zero-order valence-electron chi connectivity index (χ0n) is 19.8. The van der Waals surface area contributed by atoms with Gasteiger partial charge in [-0.15, -0.1) is 0 Å². The molecule has 0 aliphatic carbocycles. The lowest BCUT2D eigenvalue weighted by Gasteiger charge is -2.24. The van der Waals surface area contributed by atoms with E-state index in [0.29, 0.717) is 6.61 Å². The van der Waals surface area contributed by atoms with E-state index in [-0.39, 0.29) is 5.92 Å². The molecule has 0 saturated heterocycles. The lowest BCUT2D eigenvalue weighted by Crippen LogP contribution is -2.19. The molecule has 0 fully saturated rings. The number of hydrogen-bond donors (Lipinski definition) is 0. The largest absolute Gasteiger partial charge is 0.495 e. The lowest BCUT2D eigenvalue weighted by atomic mass is 9.88. The van der Waals surface area contributed by atoms with Gasteiger partial charge >= 0.3 is 0 Å². The van der Waals surface area contributed by atoms with Crippen LogP contribution in [0.15, 0.2) is 55.0 Å². The minimum absolute atomic E-state index is 0.229. The highest BCUT2D eigenvalue weighted by Gasteiger charge is 2.27. The summed E-state index contributed by atoms with van der Waals surface area (Å²) in [5, 5.41) is 4.77. The van der Waals surface area contributed by atoms with Crippen LogP contribution in [-0.2, 0) is 17.9 Å². The molecule has 34 heavy (non-hydrogen) atoms. The Morgan fingerprint density at radius 2 is 2.00 bits per heavy atom. The standard InChI is InChI=1S/C27H29N5O2/c1-19-16-31(18-28-19)24-12-10-20(15-25(24)34-3)11-13-26-29-27-23(9-6-14-32(27)30-26)22-8-5-4-7-21(22)17-33-2/h4-5,7-8,10-13,15-16,18,23H,6,9,14,17H2,1-3H3/b13-11+/t23-/m1/s1. The van der Waals surface area contributed by atoms with Crippen molar-refractivity contribution in [2.24, 2.45) is 0 Å². The number of ether oxygens (including phenoxy) is 2. The van der Waals surface area contributed by atoms with Crippen LogP contribution >= 0.6 is 0 Å². The molecular formula is C27H29N5O2. The summed E-state index contributed by atoms with van der Waals surface area (Å²) in [5.74, 6) is 2.76. The monoisotopic (exact) mass is 455 g/mol. The summed E-state index contributed by atoms with van der Waals surface area (Å²) in [5.41, 5.74) is 5.43. The molecule has 0 saturated carbocycles. The van der Waals surface area contributed by atoms with Gasteiger partial charge < -0.3 is 14.0 Å². The van der Waals surface area contributed by atoms with Gasteiger partial charge in [-0.3, -0.25) is 0 Å². The molecule has 3 heterocycles. The molecule has 2 aromatic carbocycles. The SMILES string of the molecule is COCc1ccccc1[C@H]1CCCn2nc(/C=C/c3ccc(-n4cnc(C)c4)c(OC)c3)nc21. The minimum Gasteiger partial charge on any atom is -0.495 e. The topological polar surface area (TPSA) is 67.0 Å². The van der Waals surface area contributed by atoms with Crippen molar-refractivity contribution in [1.82, 2.24) is 24.3 Å². The molecule has 1 aliphatic rings. The van der Waals surface area contributed by atoms with Crippen molar-refractivity contribution in [3.8, 4) is 11.4 Å². The number of imidazole rings is 1. The van der Waals surface area contributed by atoms with E-state index in [2.05, 4.69) is 40.0 Å². The number of benzene rings is 2. The third kappa shape index (κ3) is 4.39. The summed E-state index contributed by atoms with van der Waals surface area (Å²) in [7, 11) is 3.42. The number of rotatable bonds is 7. The van der Waals surface area contributed by atoms with Crippen molar-refractivity contribution in [2.45, 2.75) is 38.8 Å². The maximum atomic E-state index is 5.63. The van der Waals surface area contributed by atoms with E-state index in [0.717, 1.165) is 53.7 Å². The molecule has 7 heteroatoms. The Morgan fingerprint density at radius 3 is 2.79 bits per heavy atom. The number of fused-ring (bicyclic) bond motifs is 1. The molecule has 5 rings (SSSR count). The van der Waals surface area contributed by atoms with Crippen LogP contribution in [0.2, 0.25) is 0 Å². The number of nitrogens with zero attached hydrogens (tertiary/aromatic N) is 5. The summed E-state index contributed by atoms with van der Waals surface area (Å²) < 4.78 is 15.1. The quantitative estimate of drug-likeness (QED) is 0.391. The van der Waals surface area contributed by atoms with Gasteiger partial charge in [-0.05, 0) is 54.7 Å². The van der Waals surface area contributed by atoms with Crippen LogP contribution in [0, 0.1) is 6.92 Å². The molecule has 0 radical (unpaired) electrons. The van der Waals surface area contributed by atoms with E-state index in [1.165, 1.54) is 11.1 Å². The van der Waals surface area contributed by atoms with Crippen LogP contribution in [0.5, 0.6) is 5.75 Å². The summed E-state index contributed by atoms with van der Waals surface area (Å²) in [6.07, 6.45) is 9.92. The van der Waals surface area contributed by atoms with Crippen LogP contribution in [0.25, 0.3) is 17.8 Å². The van der Waals surface area contributed by atoms with Crippen LogP contribution in [0.3, 0.4) is 0 Å². The van der Waals surface area contributed by atoms with Crippen molar-refractivity contribution in [2.75, 3.05) is 14.2 Å². The number of hydrogen-bond acceptors (Lipinski definition) is 5. The second kappa shape index (κ2) is 9.65. The first kappa shape index (κ1) is 22.1. The van der Waals surface area contributed by atoms with E-state index in [9.17, 15) is 0 Å².